The summed E-state index contributed by atoms with van der Waals surface area (Å²) in [7, 11) is -2.10. The topological polar surface area (TPSA) is 104 Å². The van der Waals surface area contributed by atoms with Crippen LogP contribution in [0.1, 0.15) is 19.2 Å². The largest absolute Gasteiger partial charge is 0.370 e. The fourth-order valence-electron chi connectivity index (χ4n) is 1.70. The van der Waals surface area contributed by atoms with E-state index in [0.29, 0.717) is 11.6 Å². The number of aromatic amines is 1. The fraction of sp³-hybridized carbons (Fsp3) is 0.417. The second-order valence-corrected chi connectivity index (χ2v) is 6.54. The molecule has 114 valence electrons. The summed E-state index contributed by atoms with van der Waals surface area (Å²) in [5.41, 5.74) is 0. The molecule has 0 saturated carbocycles. The van der Waals surface area contributed by atoms with Gasteiger partial charge in [0.2, 0.25) is 10.0 Å². The van der Waals surface area contributed by atoms with E-state index in [2.05, 4.69) is 25.5 Å². The number of rotatable bonds is 7. The molecule has 0 aliphatic carbocycles. The first kappa shape index (κ1) is 15.4. The van der Waals surface area contributed by atoms with E-state index in [4.69, 9.17) is 0 Å². The summed E-state index contributed by atoms with van der Waals surface area (Å²) in [6, 6.07) is 3.01. The number of pyridine rings is 1. The second-order valence-electron chi connectivity index (χ2n) is 4.50. The highest BCUT2D eigenvalue weighted by Crippen LogP contribution is 2.17. The minimum Gasteiger partial charge on any atom is -0.370 e. The van der Waals surface area contributed by atoms with Crippen LogP contribution in [-0.2, 0) is 16.6 Å². The molecular formula is C12H18N6O2S. The third-order valence-electron chi connectivity index (χ3n) is 2.83. The molecule has 8 nitrogen and oxygen atoms in total. The summed E-state index contributed by atoms with van der Waals surface area (Å²) >= 11 is 0. The smallest absolute Gasteiger partial charge is 0.243 e. The third-order valence-corrected chi connectivity index (χ3v) is 4.63. The molecule has 0 amide bonds. The molecular weight excluding hydrogens is 292 g/mol. The average Bonchev–Trinajstić information content (AvgIpc) is 2.98. The minimum absolute atomic E-state index is 0.127. The highest BCUT2D eigenvalue weighted by Gasteiger charge is 2.22. The van der Waals surface area contributed by atoms with E-state index in [9.17, 15) is 8.42 Å². The summed E-state index contributed by atoms with van der Waals surface area (Å²) in [6.45, 7) is 2.89. The van der Waals surface area contributed by atoms with Crippen molar-refractivity contribution < 1.29 is 8.42 Å². The lowest BCUT2D eigenvalue weighted by molar-refractivity contribution is 0.457. The molecule has 9 heteroatoms. The summed E-state index contributed by atoms with van der Waals surface area (Å²) in [6.07, 6.45) is 3.76. The van der Waals surface area contributed by atoms with Crippen molar-refractivity contribution in [2.75, 3.05) is 18.9 Å². The molecule has 0 saturated heterocycles. The Kier molecular flexibility index (Phi) is 4.86. The van der Waals surface area contributed by atoms with E-state index in [1.807, 2.05) is 6.92 Å². The van der Waals surface area contributed by atoms with Crippen molar-refractivity contribution >= 4 is 15.8 Å². The predicted octanol–water partition coefficient (Wildman–Crippen LogP) is 0.842. The van der Waals surface area contributed by atoms with Gasteiger partial charge in [0.05, 0.1) is 11.4 Å². The monoisotopic (exact) mass is 310 g/mol. The van der Waals surface area contributed by atoms with E-state index in [1.165, 1.54) is 36.0 Å². The van der Waals surface area contributed by atoms with E-state index < -0.39 is 10.0 Å². The lowest BCUT2D eigenvalue weighted by Gasteiger charge is -2.16. The Bertz CT molecular complexity index is 671. The van der Waals surface area contributed by atoms with Gasteiger partial charge in [-0.25, -0.2) is 18.4 Å². The normalized spacial score (nSPS) is 11.8. The Morgan fingerprint density at radius 1 is 1.38 bits per heavy atom. The first-order valence-corrected chi connectivity index (χ1v) is 7.98. The van der Waals surface area contributed by atoms with Gasteiger partial charge in [0, 0.05) is 25.9 Å². The standard InChI is InChI=1S/C12H18N6O2S/c1-3-5-13-11-7-10(4-6-14-11)21(19,20)18(2)8-12-15-9-16-17-12/h4,6-7,9H,3,5,8H2,1-2H3,(H,13,14)(H,15,16,17). The zero-order chi connectivity index (χ0) is 15.3. The van der Waals surface area contributed by atoms with Crippen LogP contribution in [0.2, 0.25) is 0 Å². The van der Waals surface area contributed by atoms with Crippen LogP contribution in [0.5, 0.6) is 0 Å². The van der Waals surface area contributed by atoms with Gasteiger partial charge >= 0.3 is 0 Å². The van der Waals surface area contributed by atoms with Crippen molar-refractivity contribution in [1.82, 2.24) is 24.5 Å². The third kappa shape index (κ3) is 3.76. The van der Waals surface area contributed by atoms with Crippen molar-refractivity contribution in [3.05, 3.63) is 30.5 Å². The summed E-state index contributed by atoms with van der Waals surface area (Å²) in [5, 5.41) is 9.41. The first-order valence-electron chi connectivity index (χ1n) is 6.54. The van der Waals surface area contributed by atoms with Crippen molar-refractivity contribution in [2.45, 2.75) is 24.8 Å². The summed E-state index contributed by atoms with van der Waals surface area (Å²) in [4.78, 5) is 8.22. The Hall–Kier alpha value is -2.00. The van der Waals surface area contributed by atoms with Gasteiger partial charge in [-0.05, 0) is 12.5 Å². The Balaban J connectivity index is 2.18. The molecule has 2 rings (SSSR count). The summed E-state index contributed by atoms with van der Waals surface area (Å²) in [5.74, 6) is 1.03. The zero-order valence-corrected chi connectivity index (χ0v) is 12.8. The number of sulfonamides is 1. The van der Waals surface area contributed by atoms with Crippen LogP contribution in [0, 0.1) is 0 Å². The molecule has 2 heterocycles. The quantitative estimate of drug-likeness (QED) is 0.785. The molecule has 0 spiro atoms. The van der Waals surface area contributed by atoms with Gasteiger partial charge in [-0.15, -0.1) is 0 Å². The molecule has 0 aromatic carbocycles. The summed E-state index contributed by atoms with van der Waals surface area (Å²) < 4.78 is 26.2. The molecule has 2 N–H and O–H groups in total. The van der Waals surface area contributed by atoms with E-state index in [-0.39, 0.29) is 11.4 Å². The molecule has 0 unspecified atom stereocenters. The van der Waals surface area contributed by atoms with Gasteiger partial charge in [-0.3, -0.25) is 5.10 Å². The van der Waals surface area contributed by atoms with E-state index in [1.54, 1.807) is 0 Å². The Morgan fingerprint density at radius 3 is 2.86 bits per heavy atom. The highest BCUT2D eigenvalue weighted by atomic mass is 32.2. The maximum absolute atomic E-state index is 12.5. The number of hydrogen-bond donors (Lipinski definition) is 2. The molecule has 21 heavy (non-hydrogen) atoms. The van der Waals surface area contributed by atoms with Crippen LogP contribution in [0.3, 0.4) is 0 Å². The average molecular weight is 310 g/mol. The van der Waals surface area contributed by atoms with Crippen LogP contribution in [0.25, 0.3) is 0 Å². The number of H-pyrrole nitrogens is 1. The van der Waals surface area contributed by atoms with Crippen molar-refractivity contribution in [3.8, 4) is 0 Å². The predicted molar refractivity (Wildman–Crippen MR) is 78.1 cm³/mol. The molecule has 0 fully saturated rings. The molecule has 0 atom stereocenters. The minimum atomic E-state index is -3.60. The van der Waals surface area contributed by atoms with Crippen molar-refractivity contribution in [3.63, 3.8) is 0 Å². The lowest BCUT2D eigenvalue weighted by atomic mass is 10.4. The molecule has 0 bridgehead atoms. The number of hydrogen-bond acceptors (Lipinski definition) is 6. The lowest BCUT2D eigenvalue weighted by Crippen LogP contribution is -2.27. The van der Waals surface area contributed by atoms with Crippen molar-refractivity contribution in [1.29, 1.82) is 0 Å². The molecule has 0 radical (unpaired) electrons. The van der Waals surface area contributed by atoms with Gasteiger partial charge < -0.3 is 5.32 Å². The van der Waals surface area contributed by atoms with Crippen molar-refractivity contribution in [2.24, 2.45) is 0 Å². The number of anilines is 1. The maximum atomic E-state index is 12.5. The number of nitrogens with one attached hydrogen (secondary N) is 2. The second kappa shape index (κ2) is 6.64. The molecule has 0 aliphatic heterocycles. The van der Waals surface area contributed by atoms with Crippen LogP contribution >= 0.6 is 0 Å². The molecule has 2 aromatic rings. The van der Waals surface area contributed by atoms with Crippen LogP contribution in [0.15, 0.2) is 29.6 Å². The van der Waals surface area contributed by atoms with Crippen LogP contribution in [-0.4, -0.2) is 46.5 Å². The van der Waals surface area contributed by atoms with E-state index in [0.717, 1.165) is 13.0 Å². The van der Waals surface area contributed by atoms with Gasteiger partial charge in [-0.1, -0.05) is 6.92 Å². The SMILES string of the molecule is CCCNc1cc(S(=O)(=O)N(C)Cc2ncn[nH]2)ccn1. The molecule has 0 aliphatic rings. The highest BCUT2D eigenvalue weighted by molar-refractivity contribution is 7.89. The fourth-order valence-corrected chi connectivity index (χ4v) is 2.85. The van der Waals surface area contributed by atoms with Gasteiger partial charge in [0.15, 0.2) is 0 Å². The molecule has 2 aromatic heterocycles. The van der Waals surface area contributed by atoms with Gasteiger partial charge in [0.25, 0.3) is 0 Å². The Labute approximate surface area is 123 Å². The van der Waals surface area contributed by atoms with Gasteiger partial charge in [0.1, 0.15) is 18.0 Å². The number of aromatic nitrogens is 4. The first-order chi connectivity index (χ1) is 10.0. The maximum Gasteiger partial charge on any atom is 0.243 e. The van der Waals surface area contributed by atoms with Crippen LogP contribution in [0.4, 0.5) is 5.82 Å². The van der Waals surface area contributed by atoms with Gasteiger partial charge in [-0.2, -0.15) is 9.40 Å². The Morgan fingerprint density at radius 2 is 2.19 bits per heavy atom. The van der Waals surface area contributed by atoms with E-state index >= 15 is 0 Å². The zero-order valence-electron chi connectivity index (χ0n) is 11.9. The number of nitrogens with zero attached hydrogens (tertiary/aromatic N) is 4. The van der Waals surface area contributed by atoms with Crippen LogP contribution < -0.4 is 5.32 Å².